The summed E-state index contributed by atoms with van der Waals surface area (Å²) in [6, 6.07) is -0.552. The third-order valence-corrected chi connectivity index (χ3v) is 1.98. The number of aliphatic carboxylic acids is 1. The molecule has 0 aliphatic carbocycles. The smallest absolute Gasteiger partial charge is 0.407 e. The molecule has 0 fully saturated rings. The number of rotatable bonds is 5. The molecule has 0 rings (SSSR count). The van der Waals surface area contributed by atoms with Crippen LogP contribution in [0.25, 0.3) is 0 Å². The molecule has 0 aromatic carbocycles. The van der Waals surface area contributed by atoms with Crippen LogP contribution >= 0.6 is 0 Å². The number of ether oxygens (including phenoxy) is 1. The summed E-state index contributed by atoms with van der Waals surface area (Å²) in [7, 11) is 0. The number of alkyl carbamates (subject to hydrolysis) is 1. The third-order valence-electron chi connectivity index (χ3n) is 1.98. The van der Waals surface area contributed by atoms with Crippen molar-refractivity contribution in [1.82, 2.24) is 5.32 Å². The maximum atomic E-state index is 11.4. The SMILES string of the molecule is CC(NC(=O)OC(C)(C)C)C(O)CCC(=O)O. The second kappa shape index (κ2) is 6.44. The summed E-state index contributed by atoms with van der Waals surface area (Å²) in [6.45, 7) is 6.80. The second-order valence-corrected chi connectivity index (χ2v) is 4.93. The number of amides is 1. The average Bonchev–Trinajstić information content (AvgIpc) is 2.10. The molecule has 0 saturated heterocycles. The topological polar surface area (TPSA) is 95.9 Å². The van der Waals surface area contributed by atoms with Gasteiger partial charge in [0.05, 0.1) is 12.1 Å². The van der Waals surface area contributed by atoms with Crippen LogP contribution in [0.15, 0.2) is 0 Å². The van der Waals surface area contributed by atoms with Crippen molar-refractivity contribution in [2.24, 2.45) is 0 Å². The molecule has 6 heteroatoms. The molecule has 2 unspecified atom stereocenters. The first-order chi connectivity index (χ1) is 7.61. The molecule has 2 atom stereocenters. The van der Waals surface area contributed by atoms with Crippen LogP contribution in [0.5, 0.6) is 0 Å². The molecule has 0 spiro atoms. The molecule has 0 bridgehead atoms. The van der Waals surface area contributed by atoms with Crippen molar-refractivity contribution in [2.75, 3.05) is 0 Å². The van der Waals surface area contributed by atoms with Gasteiger partial charge in [0.15, 0.2) is 0 Å². The van der Waals surface area contributed by atoms with Crippen LogP contribution in [0.4, 0.5) is 4.79 Å². The fourth-order valence-corrected chi connectivity index (χ4v) is 1.11. The van der Waals surface area contributed by atoms with Crippen molar-refractivity contribution in [1.29, 1.82) is 0 Å². The van der Waals surface area contributed by atoms with E-state index in [1.807, 2.05) is 0 Å². The maximum absolute atomic E-state index is 11.4. The Bertz CT molecular complexity index is 272. The van der Waals surface area contributed by atoms with Crippen molar-refractivity contribution in [3.8, 4) is 0 Å². The van der Waals surface area contributed by atoms with E-state index in [0.29, 0.717) is 0 Å². The van der Waals surface area contributed by atoms with Gasteiger partial charge in [0, 0.05) is 6.42 Å². The average molecular weight is 247 g/mol. The minimum Gasteiger partial charge on any atom is -0.481 e. The second-order valence-electron chi connectivity index (χ2n) is 4.93. The van der Waals surface area contributed by atoms with Crippen molar-refractivity contribution in [3.63, 3.8) is 0 Å². The summed E-state index contributed by atoms with van der Waals surface area (Å²) in [4.78, 5) is 21.7. The van der Waals surface area contributed by atoms with Gasteiger partial charge in [-0.15, -0.1) is 0 Å². The minimum atomic E-state index is -0.978. The summed E-state index contributed by atoms with van der Waals surface area (Å²) in [5.41, 5.74) is -0.601. The zero-order valence-corrected chi connectivity index (χ0v) is 10.7. The molecule has 0 aromatic heterocycles. The molecule has 0 aliphatic rings. The monoisotopic (exact) mass is 247 g/mol. The van der Waals surface area contributed by atoms with Gasteiger partial charge < -0.3 is 20.3 Å². The van der Waals surface area contributed by atoms with Crippen LogP contribution in [0.2, 0.25) is 0 Å². The Labute approximate surface area is 101 Å². The number of carboxylic acid groups (broad SMARTS) is 1. The highest BCUT2D eigenvalue weighted by molar-refractivity contribution is 5.68. The zero-order valence-electron chi connectivity index (χ0n) is 10.7. The molecule has 100 valence electrons. The van der Waals surface area contributed by atoms with E-state index < -0.39 is 29.8 Å². The Balaban J connectivity index is 4.03. The van der Waals surface area contributed by atoms with Gasteiger partial charge in [-0.2, -0.15) is 0 Å². The Kier molecular flexibility index (Phi) is 5.95. The number of nitrogens with one attached hydrogen (secondary N) is 1. The summed E-state index contributed by atoms with van der Waals surface area (Å²) in [5, 5.41) is 20.5. The fourth-order valence-electron chi connectivity index (χ4n) is 1.11. The van der Waals surface area contributed by atoms with Crippen LogP contribution in [-0.4, -0.2) is 40.0 Å². The van der Waals surface area contributed by atoms with E-state index in [2.05, 4.69) is 5.32 Å². The van der Waals surface area contributed by atoms with Gasteiger partial charge in [0.1, 0.15) is 5.60 Å². The minimum absolute atomic E-state index is 0.0896. The first-order valence-corrected chi connectivity index (χ1v) is 5.51. The predicted molar refractivity (Wildman–Crippen MR) is 61.7 cm³/mol. The standard InChI is InChI=1S/C11H21NO5/c1-7(8(13)5-6-9(14)15)12-10(16)17-11(2,3)4/h7-8,13H,5-6H2,1-4H3,(H,12,16)(H,14,15). The van der Waals surface area contributed by atoms with E-state index in [1.165, 1.54) is 0 Å². The summed E-state index contributed by atoms with van der Waals surface area (Å²) in [6.07, 6.45) is -1.58. The van der Waals surface area contributed by atoms with Crippen LogP contribution < -0.4 is 5.32 Å². The number of hydrogen-bond donors (Lipinski definition) is 3. The van der Waals surface area contributed by atoms with Gasteiger partial charge in [0.25, 0.3) is 0 Å². The summed E-state index contributed by atoms with van der Waals surface area (Å²) in [5.74, 6) is -0.978. The number of carbonyl (C=O) groups is 2. The molecule has 17 heavy (non-hydrogen) atoms. The number of hydrogen-bond acceptors (Lipinski definition) is 4. The van der Waals surface area contributed by atoms with E-state index in [-0.39, 0.29) is 12.8 Å². The maximum Gasteiger partial charge on any atom is 0.407 e. The van der Waals surface area contributed by atoms with E-state index >= 15 is 0 Å². The van der Waals surface area contributed by atoms with Gasteiger partial charge in [-0.3, -0.25) is 4.79 Å². The van der Waals surface area contributed by atoms with E-state index in [4.69, 9.17) is 9.84 Å². The van der Waals surface area contributed by atoms with Crippen molar-refractivity contribution in [3.05, 3.63) is 0 Å². The molecular weight excluding hydrogens is 226 g/mol. The van der Waals surface area contributed by atoms with Crippen LogP contribution in [0, 0.1) is 0 Å². The highest BCUT2D eigenvalue weighted by Crippen LogP contribution is 2.08. The lowest BCUT2D eigenvalue weighted by Gasteiger charge is -2.24. The molecule has 0 saturated carbocycles. The first kappa shape index (κ1) is 15.7. The van der Waals surface area contributed by atoms with Gasteiger partial charge >= 0.3 is 12.1 Å². The number of aliphatic hydroxyl groups is 1. The predicted octanol–water partition coefficient (Wildman–Crippen LogP) is 1.13. The molecule has 3 N–H and O–H groups in total. The van der Waals surface area contributed by atoms with Gasteiger partial charge in [-0.1, -0.05) is 0 Å². The first-order valence-electron chi connectivity index (χ1n) is 5.51. The number of aliphatic hydroxyl groups excluding tert-OH is 1. The van der Waals surface area contributed by atoms with E-state index in [1.54, 1.807) is 27.7 Å². The van der Waals surface area contributed by atoms with Crippen molar-refractivity contribution >= 4 is 12.1 Å². The summed E-state index contributed by atoms with van der Waals surface area (Å²) < 4.78 is 5.01. The Hall–Kier alpha value is -1.30. The van der Waals surface area contributed by atoms with Gasteiger partial charge in [0.2, 0.25) is 0 Å². The fraction of sp³-hybridized carbons (Fsp3) is 0.818. The lowest BCUT2D eigenvalue weighted by atomic mass is 10.1. The van der Waals surface area contributed by atoms with Crippen LogP contribution in [0.3, 0.4) is 0 Å². The van der Waals surface area contributed by atoms with Crippen LogP contribution in [-0.2, 0) is 9.53 Å². The Morgan fingerprint density at radius 3 is 2.29 bits per heavy atom. The highest BCUT2D eigenvalue weighted by atomic mass is 16.6. The quantitative estimate of drug-likeness (QED) is 0.676. The van der Waals surface area contributed by atoms with Crippen molar-refractivity contribution < 1.29 is 24.5 Å². The lowest BCUT2D eigenvalue weighted by molar-refractivity contribution is -0.137. The van der Waals surface area contributed by atoms with E-state index in [9.17, 15) is 14.7 Å². The van der Waals surface area contributed by atoms with Gasteiger partial charge in [-0.05, 0) is 34.1 Å². The van der Waals surface area contributed by atoms with Crippen molar-refractivity contribution in [2.45, 2.75) is 58.3 Å². The molecule has 0 heterocycles. The molecule has 0 aromatic rings. The molecule has 0 aliphatic heterocycles. The zero-order chi connectivity index (χ0) is 13.6. The molecular formula is C11H21NO5. The number of carboxylic acids is 1. The van der Waals surface area contributed by atoms with E-state index in [0.717, 1.165) is 0 Å². The molecule has 0 radical (unpaired) electrons. The Morgan fingerprint density at radius 1 is 1.35 bits per heavy atom. The summed E-state index contributed by atoms with van der Waals surface area (Å²) >= 11 is 0. The highest BCUT2D eigenvalue weighted by Gasteiger charge is 2.21. The largest absolute Gasteiger partial charge is 0.481 e. The van der Waals surface area contributed by atoms with Crippen LogP contribution in [0.1, 0.15) is 40.5 Å². The Morgan fingerprint density at radius 2 is 1.88 bits per heavy atom. The number of carbonyl (C=O) groups excluding carboxylic acids is 1. The molecule has 1 amide bonds. The molecule has 6 nitrogen and oxygen atoms in total. The lowest BCUT2D eigenvalue weighted by Crippen LogP contribution is -2.43. The van der Waals surface area contributed by atoms with Gasteiger partial charge in [-0.25, -0.2) is 4.79 Å². The normalized spacial score (nSPS) is 14.9. The third kappa shape index (κ3) is 8.50.